The lowest BCUT2D eigenvalue weighted by atomic mass is 10.1. The fourth-order valence-electron chi connectivity index (χ4n) is 8.57. The lowest BCUT2D eigenvalue weighted by Gasteiger charge is -2.18. The van der Waals surface area contributed by atoms with E-state index in [9.17, 15) is 14.4 Å². The van der Waals surface area contributed by atoms with Crippen LogP contribution in [0.3, 0.4) is 0 Å². The number of carbonyl (C=O) groups excluding carboxylic acids is 3. The van der Waals surface area contributed by atoms with E-state index in [0.29, 0.717) is 19.3 Å². The quantitative estimate of drug-likeness (QED) is 0.0261. The SMILES string of the molecule is CC/C=C\C/C=C\C/C=C\C/C=C\C/C=C\C/C=C\C/C=C\C/C=C\CCCCCCCCCCCCC(=O)OCC(COC(=O)CCCCCCCCC)OC(=O)CCCCCCCC/C=C\C/C=C\C/C=C\C/C=C\CC. The molecule has 0 fully saturated rings. The highest BCUT2D eigenvalue weighted by Crippen LogP contribution is 2.15. The van der Waals surface area contributed by atoms with Crippen LogP contribution >= 0.6 is 0 Å². The zero-order valence-electron chi connectivity index (χ0n) is 51.1. The van der Waals surface area contributed by atoms with E-state index >= 15 is 0 Å². The number of carbonyl (C=O) groups is 3. The minimum atomic E-state index is -0.790. The fraction of sp³-hybridized carbons (Fsp3) is 0.630. The summed E-state index contributed by atoms with van der Waals surface area (Å²) >= 11 is 0. The van der Waals surface area contributed by atoms with Gasteiger partial charge in [0.25, 0.3) is 0 Å². The minimum absolute atomic E-state index is 0.0875. The van der Waals surface area contributed by atoms with Gasteiger partial charge in [0.2, 0.25) is 0 Å². The van der Waals surface area contributed by atoms with Gasteiger partial charge in [-0.3, -0.25) is 14.4 Å². The molecular formula is C73H118O6. The Labute approximate surface area is 487 Å². The molecule has 1 unspecified atom stereocenters. The molecule has 0 rings (SSSR count). The molecule has 0 aromatic heterocycles. The van der Waals surface area contributed by atoms with Crippen LogP contribution in [-0.4, -0.2) is 37.2 Å². The molecule has 0 N–H and O–H groups in total. The van der Waals surface area contributed by atoms with E-state index < -0.39 is 6.10 Å². The third-order valence-electron chi connectivity index (χ3n) is 13.3. The molecular weight excluding hydrogens is 973 g/mol. The predicted molar refractivity (Wildman–Crippen MR) is 343 cm³/mol. The van der Waals surface area contributed by atoms with Crippen molar-refractivity contribution in [3.8, 4) is 0 Å². The van der Waals surface area contributed by atoms with E-state index in [-0.39, 0.29) is 31.1 Å². The molecule has 0 aromatic rings. The summed E-state index contributed by atoms with van der Waals surface area (Å²) in [5.74, 6) is -0.913. The van der Waals surface area contributed by atoms with Crippen molar-refractivity contribution in [3.63, 3.8) is 0 Å². The molecule has 0 radical (unpaired) electrons. The Morgan fingerprint density at radius 3 is 0.772 bits per heavy atom. The molecule has 0 aliphatic heterocycles. The third-order valence-corrected chi connectivity index (χ3v) is 13.3. The van der Waals surface area contributed by atoms with Crippen molar-refractivity contribution in [1.29, 1.82) is 0 Å². The van der Waals surface area contributed by atoms with Crippen molar-refractivity contribution >= 4 is 17.9 Å². The maximum Gasteiger partial charge on any atom is 0.306 e. The molecule has 0 bridgehead atoms. The Kier molecular flexibility index (Phi) is 61.9. The van der Waals surface area contributed by atoms with Gasteiger partial charge >= 0.3 is 17.9 Å². The third kappa shape index (κ3) is 64.0. The van der Waals surface area contributed by atoms with E-state index in [4.69, 9.17) is 14.2 Å². The Morgan fingerprint density at radius 2 is 0.494 bits per heavy atom. The molecule has 0 spiro atoms. The second kappa shape index (κ2) is 65.8. The number of hydrogen-bond acceptors (Lipinski definition) is 6. The number of ether oxygens (including phenoxy) is 3. The average molecular weight is 1090 g/mol. The van der Waals surface area contributed by atoms with Crippen molar-refractivity contribution in [2.24, 2.45) is 0 Å². The van der Waals surface area contributed by atoms with Crippen molar-refractivity contribution in [2.75, 3.05) is 13.2 Å². The van der Waals surface area contributed by atoms with Gasteiger partial charge in [-0.05, 0) is 122 Å². The van der Waals surface area contributed by atoms with Gasteiger partial charge in [0.15, 0.2) is 6.10 Å². The molecule has 0 saturated heterocycles. The molecule has 0 heterocycles. The molecule has 79 heavy (non-hydrogen) atoms. The van der Waals surface area contributed by atoms with E-state index in [1.54, 1.807) is 0 Å². The van der Waals surface area contributed by atoms with Gasteiger partial charge in [-0.2, -0.15) is 0 Å². The van der Waals surface area contributed by atoms with Crippen molar-refractivity contribution in [3.05, 3.63) is 146 Å². The summed E-state index contributed by atoms with van der Waals surface area (Å²) in [4.78, 5) is 38.1. The van der Waals surface area contributed by atoms with E-state index in [1.165, 1.54) is 83.5 Å². The highest BCUT2D eigenvalue weighted by atomic mass is 16.6. The topological polar surface area (TPSA) is 78.9 Å². The number of unbranched alkanes of at least 4 members (excludes halogenated alkanes) is 22. The lowest BCUT2D eigenvalue weighted by Crippen LogP contribution is -2.30. The summed E-state index contributed by atoms with van der Waals surface area (Å²) in [6.45, 7) is 6.35. The first-order chi connectivity index (χ1) is 39.0. The molecule has 0 saturated carbocycles. The van der Waals surface area contributed by atoms with Crippen molar-refractivity contribution < 1.29 is 28.6 Å². The van der Waals surface area contributed by atoms with E-state index in [0.717, 1.165) is 154 Å². The van der Waals surface area contributed by atoms with E-state index in [1.807, 2.05) is 0 Å². The van der Waals surface area contributed by atoms with Crippen LogP contribution < -0.4 is 0 Å². The first-order valence-corrected chi connectivity index (χ1v) is 32.3. The Bertz CT molecular complexity index is 1730. The molecule has 6 heteroatoms. The summed E-state index contributed by atoms with van der Waals surface area (Å²) in [7, 11) is 0. The highest BCUT2D eigenvalue weighted by Gasteiger charge is 2.19. The maximum absolute atomic E-state index is 12.8. The minimum Gasteiger partial charge on any atom is -0.462 e. The van der Waals surface area contributed by atoms with E-state index in [2.05, 4.69) is 167 Å². The van der Waals surface area contributed by atoms with Crippen LogP contribution in [0, 0.1) is 0 Å². The largest absolute Gasteiger partial charge is 0.462 e. The van der Waals surface area contributed by atoms with Gasteiger partial charge in [0.05, 0.1) is 0 Å². The second-order valence-electron chi connectivity index (χ2n) is 20.9. The summed E-state index contributed by atoms with van der Waals surface area (Å²) in [6.07, 6.45) is 94.5. The normalized spacial score (nSPS) is 13.1. The smallest absolute Gasteiger partial charge is 0.306 e. The molecule has 0 aliphatic carbocycles. The van der Waals surface area contributed by atoms with Crippen LogP contribution in [0.2, 0.25) is 0 Å². The second-order valence-corrected chi connectivity index (χ2v) is 20.9. The maximum atomic E-state index is 12.8. The zero-order chi connectivity index (χ0) is 57.1. The van der Waals surface area contributed by atoms with Crippen molar-refractivity contribution in [2.45, 2.75) is 284 Å². The van der Waals surface area contributed by atoms with Gasteiger partial charge in [-0.15, -0.1) is 0 Å². The summed E-state index contributed by atoms with van der Waals surface area (Å²) in [6, 6.07) is 0. The van der Waals surface area contributed by atoms with Crippen LogP contribution in [0.4, 0.5) is 0 Å². The number of hydrogen-bond donors (Lipinski definition) is 0. The predicted octanol–water partition coefficient (Wildman–Crippen LogP) is 22.3. The Hall–Kier alpha value is -4.71. The first kappa shape index (κ1) is 74.3. The Morgan fingerprint density at radius 1 is 0.266 bits per heavy atom. The van der Waals surface area contributed by atoms with Gasteiger partial charge in [0, 0.05) is 19.3 Å². The first-order valence-electron chi connectivity index (χ1n) is 32.3. The standard InChI is InChI=1S/C73H118O6/c1-4-7-10-13-16-18-20-22-24-26-28-29-30-31-32-33-34-35-36-37-38-39-40-41-42-43-45-46-48-50-52-54-57-60-63-66-72(75)78-69-70(68-77-71(74)65-62-59-56-15-12-9-6-3)79-73(76)67-64-61-58-55-53-51-49-47-44-27-25-23-21-19-17-14-11-8-5-2/h7-8,10-11,16-19,22-25,28-29,31-32,34-35,37-38,40-41,44,47,70H,4-6,9,12-15,20-21,26-27,30,33,36,39,42-43,45-46,48-69H2,1-3H3/b10-7-,11-8-,18-16-,19-17-,24-22-,25-23-,29-28-,32-31-,35-34-,38-37-,41-40-,47-44-. The van der Waals surface area contributed by atoms with Crippen LogP contribution in [0.25, 0.3) is 0 Å². The van der Waals surface area contributed by atoms with Crippen LogP contribution in [0.1, 0.15) is 278 Å². The van der Waals surface area contributed by atoms with Gasteiger partial charge in [0.1, 0.15) is 13.2 Å². The van der Waals surface area contributed by atoms with Crippen LogP contribution in [0.15, 0.2) is 146 Å². The van der Waals surface area contributed by atoms with Gasteiger partial charge in [-0.25, -0.2) is 0 Å². The lowest BCUT2D eigenvalue weighted by molar-refractivity contribution is -0.167. The molecule has 0 amide bonds. The van der Waals surface area contributed by atoms with Crippen molar-refractivity contribution in [1.82, 2.24) is 0 Å². The zero-order valence-corrected chi connectivity index (χ0v) is 51.1. The van der Waals surface area contributed by atoms with Gasteiger partial charge < -0.3 is 14.2 Å². The summed E-state index contributed by atoms with van der Waals surface area (Å²) < 4.78 is 16.8. The highest BCUT2D eigenvalue weighted by molar-refractivity contribution is 5.71. The Balaban J connectivity index is 4.14. The van der Waals surface area contributed by atoms with Crippen LogP contribution in [0.5, 0.6) is 0 Å². The average Bonchev–Trinajstić information content (AvgIpc) is 3.45. The monoisotopic (exact) mass is 1090 g/mol. The van der Waals surface area contributed by atoms with Gasteiger partial charge in [-0.1, -0.05) is 282 Å². The summed E-state index contributed by atoms with van der Waals surface area (Å²) in [5, 5.41) is 0. The summed E-state index contributed by atoms with van der Waals surface area (Å²) in [5.41, 5.74) is 0. The van der Waals surface area contributed by atoms with Crippen LogP contribution in [-0.2, 0) is 28.6 Å². The molecule has 6 nitrogen and oxygen atoms in total. The molecule has 0 aromatic carbocycles. The number of esters is 3. The number of rotatable bonds is 57. The fourth-order valence-corrected chi connectivity index (χ4v) is 8.57. The number of allylic oxidation sites excluding steroid dienone is 24. The molecule has 0 aliphatic rings. The molecule has 446 valence electrons. The molecule has 1 atom stereocenters.